The van der Waals surface area contributed by atoms with Crippen LogP contribution in [0.5, 0.6) is 0 Å². The van der Waals surface area contributed by atoms with E-state index >= 15 is 0 Å². The predicted octanol–water partition coefficient (Wildman–Crippen LogP) is 4.97. The molecular weight excluding hydrogens is 516 g/mol. The third kappa shape index (κ3) is 8.62. The number of nitrogens with one attached hydrogen (secondary N) is 1. The summed E-state index contributed by atoms with van der Waals surface area (Å²) < 4.78 is 5.29. The zero-order chi connectivity index (χ0) is 27.5. The van der Waals surface area contributed by atoms with E-state index in [1.807, 2.05) is 72.8 Å². The van der Waals surface area contributed by atoms with Crippen molar-refractivity contribution in [2.75, 3.05) is 6.54 Å². The molecule has 0 saturated carbocycles. The first kappa shape index (κ1) is 27.7. The highest BCUT2D eigenvalue weighted by molar-refractivity contribution is 7.09. The number of aromatic nitrogens is 2. The molecule has 0 aliphatic rings. The molecule has 9 nitrogen and oxygen atoms in total. The molecule has 2 heterocycles. The van der Waals surface area contributed by atoms with E-state index in [1.165, 1.54) is 16.2 Å². The number of aliphatic hydroxyl groups is 1. The van der Waals surface area contributed by atoms with Crippen molar-refractivity contribution in [3.63, 3.8) is 0 Å². The molecular formula is C29H30N4O5S. The zero-order valence-electron chi connectivity index (χ0n) is 21.2. The van der Waals surface area contributed by atoms with Crippen LogP contribution >= 0.6 is 11.3 Å². The highest BCUT2D eigenvalue weighted by Gasteiger charge is 2.24. The number of thiazole rings is 1. The van der Waals surface area contributed by atoms with Gasteiger partial charge in [0, 0.05) is 31.0 Å². The molecule has 0 bridgehead atoms. The number of aliphatic hydroxyl groups excluding tert-OH is 1. The third-order valence-corrected chi connectivity index (χ3v) is 6.90. The van der Waals surface area contributed by atoms with E-state index in [0.29, 0.717) is 6.42 Å². The Morgan fingerprint density at radius 1 is 1.00 bits per heavy atom. The lowest BCUT2D eigenvalue weighted by Gasteiger charge is -2.26. The number of benzene rings is 2. The summed E-state index contributed by atoms with van der Waals surface area (Å²) in [6.07, 6.45) is 1.08. The summed E-state index contributed by atoms with van der Waals surface area (Å²) in [5, 5.41) is 23.6. The van der Waals surface area contributed by atoms with Gasteiger partial charge in [-0.3, -0.25) is 9.97 Å². The lowest BCUT2D eigenvalue weighted by atomic mass is 9.99. The number of rotatable bonds is 12. The molecule has 0 aliphatic heterocycles. The van der Waals surface area contributed by atoms with Crippen LogP contribution in [0.1, 0.15) is 22.4 Å². The van der Waals surface area contributed by atoms with Gasteiger partial charge >= 0.3 is 12.2 Å². The van der Waals surface area contributed by atoms with Crippen LogP contribution in [0.25, 0.3) is 11.3 Å². The van der Waals surface area contributed by atoms with Crippen LogP contribution in [0.3, 0.4) is 0 Å². The first-order valence-corrected chi connectivity index (χ1v) is 13.4. The van der Waals surface area contributed by atoms with Gasteiger partial charge in [-0.2, -0.15) is 0 Å². The molecule has 39 heavy (non-hydrogen) atoms. The fraction of sp³-hybridized carbons (Fsp3) is 0.241. The minimum absolute atomic E-state index is 0.0799. The van der Waals surface area contributed by atoms with Crippen molar-refractivity contribution in [3.05, 3.63) is 107 Å². The average Bonchev–Trinajstić information content (AvgIpc) is 3.49. The topological polar surface area (TPSA) is 125 Å². The van der Waals surface area contributed by atoms with Gasteiger partial charge in [0.2, 0.25) is 0 Å². The van der Waals surface area contributed by atoms with Gasteiger partial charge in [0.15, 0.2) is 0 Å². The number of hydrogen-bond donors (Lipinski definition) is 3. The highest BCUT2D eigenvalue weighted by atomic mass is 32.1. The van der Waals surface area contributed by atoms with Gasteiger partial charge in [-0.15, -0.1) is 11.3 Å². The third-order valence-electron chi connectivity index (χ3n) is 6.15. The Morgan fingerprint density at radius 3 is 2.44 bits per heavy atom. The molecule has 0 aliphatic carbocycles. The van der Waals surface area contributed by atoms with E-state index in [2.05, 4.69) is 15.3 Å². The first-order valence-electron chi connectivity index (χ1n) is 12.5. The number of ether oxygens (including phenoxy) is 1. The number of hydrogen-bond acceptors (Lipinski definition) is 7. The predicted molar refractivity (Wildman–Crippen MR) is 148 cm³/mol. The Morgan fingerprint density at radius 2 is 1.77 bits per heavy atom. The second-order valence-corrected chi connectivity index (χ2v) is 9.93. The van der Waals surface area contributed by atoms with Gasteiger partial charge in [-0.25, -0.2) is 9.59 Å². The lowest BCUT2D eigenvalue weighted by Crippen LogP contribution is -2.46. The standard InChI is InChI=1S/C29H30N4O5S/c34-27(26(16-21-6-2-1-3-7-21)32-28(35)38-19-24-17-30-20-39-24)13-15-33(29(36)37)18-22-9-11-23(12-10-22)25-8-4-5-14-31-25/h1-12,14,17,20,26-27,34H,13,15-16,18-19H2,(H,32,35)(H,36,37)/t26-,27-/m0/s1. The molecule has 2 aromatic carbocycles. The minimum Gasteiger partial charge on any atom is -0.465 e. The van der Waals surface area contributed by atoms with E-state index in [4.69, 9.17) is 4.74 Å². The van der Waals surface area contributed by atoms with Crippen LogP contribution in [0, 0.1) is 0 Å². The fourth-order valence-electron chi connectivity index (χ4n) is 4.06. The number of amides is 2. The summed E-state index contributed by atoms with van der Waals surface area (Å²) >= 11 is 1.38. The molecule has 10 heteroatoms. The van der Waals surface area contributed by atoms with E-state index in [-0.39, 0.29) is 26.1 Å². The second-order valence-electron chi connectivity index (χ2n) is 8.96. The van der Waals surface area contributed by atoms with Gasteiger partial charge in [0.05, 0.1) is 28.2 Å². The molecule has 2 aromatic heterocycles. The van der Waals surface area contributed by atoms with E-state index in [9.17, 15) is 19.8 Å². The summed E-state index contributed by atoms with van der Waals surface area (Å²) in [5.41, 5.74) is 5.17. The van der Waals surface area contributed by atoms with Crippen LogP contribution in [0.4, 0.5) is 9.59 Å². The zero-order valence-corrected chi connectivity index (χ0v) is 22.0. The van der Waals surface area contributed by atoms with Crippen LogP contribution in [-0.4, -0.2) is 56.0 Å². The molecule has 0 spiro atoms. The Balaban J connectivity index is 1.36. The molecule has 202 valence electrons. The number of carbonyl (C=O) groups excluding carboxylic acids is 1. The summed E-state index contributed by atoms with van der Waals surface area (Å²) in [7, 11) is 0. The minimum atomic E-state index is -1.09. The SMILES string of the molecule is O=C(N[C@@H](Cc1ccccc1)[C@@H](O)CCN(Cc1ccc(-c2ccccn2)cc1)C(=O)O)OCc1cncs1. The highest BCUT2D eigenvalue weighted by Crippen LogP contribution is 2.18. The molecule has 0 fully saturated rings. The second kappa shape index (κ2) is 14.0. The smallest absolute Gasteiger partial charge is 0.407 e. The van der Waals surface area contributed by atoms with Crippen molar-refractivity contribution in [1.29, 1.82) is 0 Å². The molecule has 0 saturated heterocycles. The van der Waals surface area contributed by atoms with Gasteiger partial charge in [0.25, 0.3) is 0 Å². The van der Waals surface area contributed by atoms with Crippen molar-refractivity contribution in [2.45, 2.75) is 38.1 Å². The van der Waals surface area contributed by atoms with Crippen LogP contribution in [0.15, 0.2) is 90.7 Å². The Kier molecular flexibility index (Phi) is 9.98. The first-order chi connectivity index (χ1) is 19.0. The maximum Gasteiger partial charge on any atom is 0.407 e. The molecule has 3 N–H and O–H groups in total. The Labute approximate surface area is 230 Å². The number of carbonyl (C=O) groups is 2. The number of carboxylic acid groups (broad SMARTS) is 1. The van der Waals surface area contributed by atoms with Crippen molar-refractivity contribution < 1.29 is 24.5 Å². The van der Waals surface area contributed by atoms with Crippen LogP contribution in [0.2, 0.25) is 0 Å². The summed E-state index contributed by atoms with van der Waals surface area (Å²) in [5.74, 6) is 0. The molecule has 0 radical (unpaired) electrons. The van der Waals surface area contributed by atoms with Gasteiger partial charge < -0.3 is 25.2 Å². The molecule has 2 amide bonds. The number of nitrogens with zero attached hydrogens (tertiary/aromatic N) is 3. The molecule has 4 aromatic rings. The Bertz CT molecular complexity index is 1300. The molecule has 2 atom stereocenters. The van der Waals surface area contributed by atoms with Gasteiger partial charge in [-0.1, -0.05) is 60.7 Å². The maximum absolute atomic E-state index is 12.5. The lowest BCUT2D eigenvalue weighted by molar-refractivity contribution is 0.0842. The van der Waals surface area contributed by atoms with Crippen LogP contribution < -0.4 is 5.32 Å². The van der Waals surface area contributed by atoms with E-state index < -0.39 is 24.3 Å². The summed E-state index contributed by atoms with van der Waals surface area (Å²) in [6.45, 7) is 0.330. The number of alkyl carbamates (subject to hydrolysis) is 1. The van der Waals surface area contributed by atoms with Gasteiger partial charge in [-0.05, 0) is 36.1 Å². The monoisotopic (exact) mass is 546 g/mol. The van der Waals surface area contributed by atoms with Crippen molar-refractivity contribution in [2.24, 2.45) is 0 Å². The largest absolute Gasteiger partial charge is 0.465 e. The van der Waals surface area contributed by atoms with Crippen molar-refractivity contribution >= 4 is 23.5 Å². The van der Waals surface area contributed by atoms with E-state index in [1.54, 1.807) is 17.9 Å². The maximum atomic E-state index is 12.5. The average molecular weight is 547 g/mol. The normalized spacial score (nSPS) is 12.3. The Hall–Kier alpha value is -4.28. The van der Waals surface area contributed by atoms with E-state index in [0.717, 1.165) is 27.3 Å². The number of pyridine rings is 1. The van der Waals surface area contributed by atoms with Crippen LogP contribution in [-0.2, 0) is 24.3 Å². The summed E-state index contributed by atoms with van der Waals surface area (Å²) in [6, 6.07) is 22.0. The van der Waals surface area contributed by atoms with Crippen molar-refractivity contribution in [1.82, 2.24) is 20.2 Å². The summed E-state index contributed by atoms with van der Waals surface area (Å²) in [4.78, 5) is 34.8. The van der Waals surface area contributed by atoms with Crippen molar-refractivity contribution in [3.8, 4) is 11.3 Å². The quantitative estimate of drug-likeness (QED) is 0.229. The fourth-order valence-corrected chi connectivity index (χ4v) is 4.57. The van der Waals surface area contributed by atoms with Gasteiger partial charge in [0.1, 0.15) is 6.61 Å². The molecule has 0 unspecified atom stereocenters. The molecule has 4 rings (SSSR count).